The topological polar surface area (TPSA) is 55.7 Å². The Morgan fingerprint density at radius 3 is 2.50 bits per heavy atom. The third kappa shape index (κ3) is 4.96. The van der Waals surface area contributed by atoms with Gasteiger partial charge in [-0.25, -0.2) is 4.79 Å². The van der Waals surface area contributed by atoms with Gasteiger partial charge in [0.15, 0.2) is 11.9 Å². The van der Waals surface area contributed by atoms with Gasteiger partial charge >= 0.3 is 5.97 Å². The number of para-hydroxylation sites is 1. The van der Waals surface area contributed by atoms with Crippen molar-refractivity contribution < 1.29 is 14.3 Å². The minimum atomic E-state index is -0.471. The predicted molar refractivity (Wildman–Crippen MR) is 180 cm³/mol. The Labute approximate surface area is 261 Å². The molecule has 6 rings (SSSR count). The van der Waals surface area contributed by atoms with Crippen LogP contribution in [0.4, 0.5) is 11.4 Å². The second-order valence-electron chi connectivity index (χ2n) is 11.5. The van der Waals surface area contributed by atoms with Gasteiger partial charge < -0.3 is 24.3 Å². The third-order valence-electron chi connectivity index (χ3n) is 8.90. The van der Waals surface area contributed by atoms with Gasteiger partial charge in [-0.05, 0) is 75.9 Å². The number of esters is 1. The first-order valence-corrected chi connectivity index (χ1v) is 16.1. The lowest BCUT2D eigenvalue weighted by atomic mass is 9.90. The average Bonchev–Trinajstić information content (AvgIpc) is 3.53. The SMILES string of the molecule is CCCCc1cc(N2C=CC=C3C(=O)OC(c4c(C)n(CC)c5ccccc45)C32)c(OCC)c(NCC)c1-c1ccccc1. The number of nitrogens with zero attached hydrogens (tertiary/aromatic N) is 2. The molecule has 2 aliphatic rings. The van der Waals surface area contributed by atoms with Gasteiger partial charge in [-0.1, -0.05) is 61.9 Å². The smallest absolute Gasteiger partial charge is 0.337 e. The average molecular weight is 590 g/mol. The molecular formula is C38H43N3O3. The highest BCUT2D eigenvalue weighted by atomic mass is 16.6. The molecule has 0 aliphatic carbocycles. The molecule has 1 N–H and O–H groups in total. The normalized spacial score (nSPS) is 17.5. The van der Waals surface area contributed by atoms with Crippen LogP contribution in [-0.4, -0.2) is 29.7 Å². The van der Waals surface area contributed by atoms with Crippen molar-refractivity contribution in [2.45, 2.75) is 72.6 Å². The van der Waals surface area contributed by atoms with Crippen molar-refractivity contribution in [1.29, 1.82) is 0 Å². The van der Waals surface area contributed by atoms with Crippen LogP contribution >= 0.6 is 0 Å². The van der Waals surface area contributed by atoms with Crippen molar-refractivity contribution in [1.82, 2.24) is 4.57 Å². The number of aromatic nitrogens is 1. The van der Waals surface area contributed by atoms with Crippen molar-refractivity contribution in [2.24, 2.45) is 0 Å². The van der Waals surface area contributed by atoms with E-state index in [1.54, 1.807) is 0 Å². The van der Waals surface area contributed by atoms with Crippen molar-refractivity contribution in [2.75, 3.05) is 23.4 Å². The Morgan fingerprint density at radius 2 is 1.77 bits per heavy atom. The zero-order valence-corrected chi connectivity index (χ0v) is 26.5. The summed E-state index contributed by atoms with van der Waals surface area (Å²) in [7, 11) is 0. The van der Waals surface area contributed by atoms with E-state index >= 15 is 0 Å². The summed E-state index contributed by atoms with van der Waals surface area (Å²) in [5, 5.41) is 4.81. The van der Waals surface area contributed by atoms with Crippen LogP contribution in [0.25, 0.3) is 22.0 Å². The lowest BCUT2D eigenvalue weighted by Gasteiger charge is -2.35. The van der Waals surface area contributed by atoms with Crippen molar-refractivity contribution in [3.05, 3.63) is 101 Å². The first kappa shape index (κ1) is 29.6. The molecule has 1 aromatic heterocycles. The Bertz CT molecular complexity index is 1730. The van der Waals surface area contributed by atoms with E-state index in [0.717, 1.165) is 77.2 Å². The van der Waals surface area contributed by atoms with Crippen LogP contribution in [-0.2, 0) is 22.5 Å². The van der Waals surface area contributed by atoms with Crippen LogP contribution in [0.5, 0.6) is 5.75 Å². The number of unbranched alkanes of at least 4 members (excludes halogenated alkanes) is 1. The summed E-state index contributed by atoms with van der Waals surface area (Å²) in [6.45, 7) is 12.8. The zero-order chi connectivity index (χ0) is 30.8. The van der Waals surface area contributed by atoms with Crippen molar-refractivity contribution in [3.63, 3.8) is 0 Å². The molecule has 44 heavy (non-hydrogen) atoms. The van der Waals surface area contributed by atoms with Gasteiger partial charge in [0.1, 0.15) is 6.04 Å². The molecule has 4 aromatic rings. The highest BCUT2D eigenvalue weighted by Gasteiger charge is 2.47. The number of cyclic esters (lactones) is 1. The third-order valence-corrected chi connectivity index (χ3v) is 8.90. The van der Waals surface area contributed by atoms with Crippen LogP contribution in [0, 0.1) is 6.92 Å². The number of allylic oxidation sites excluding steroid dienone is 2. The predicted octanol–water partition coefficient (Wildman–Crippen LogP) is 8.74. The number of fused-ring (bicyclic) bond motifs is 2. The van der Waals surface area contributed by atoms with E-state index in [2.05, 4.69) is 109 Å². The highest BCUT2D eigenvalue weighted by Crippen LogP contribution is 2.51. The Morgan fingerprint density at radius 1 is 1.00 bits per heavy atom. The fraction of sp³-hybridized carbons (Fsp3) is 0.342. The Kier molecular flexibility index (Phi) is 8.51. The molecule has 0 saturated carbocycles. The van der Waals surface area contributed by atoms with Gasteiger partial charge in [-0.15, -0.1) is 0 Å². The lowest BCUT2D eigenvalue weighted by Crippen LogP contribution is -2.37. The molecule has 0 spiro atoms. The van der Waals surface area contributed by atoms with Gasteiger partial charge in [-0.3, -0.25) is 0 Å². The first-order chi connectivity index (χ1) is 21.5. The quantitative estimate of drug-likeness (QED) is 0.177. The number of rotatable bonds is 11. The molecule has 6 nitrogen and oxygen atoms in total. The molecular weight excluding hydrogens is 546 g/mol. The molecule has 6 heteroatoms. The number of carbonyl (C=O) groups is 1. The van der Waals surface area contributed by atoms with E-state index in [-0.39, 0.29) is 12.0 Å². The molecule has 3 aromatic carbocycles. The molecule has 2 unspecified atom stereocenters. The van der Waals surface area contributed by atoms with E-state index in [1.165, 1.54) is 11.1 Å². The van der Waals surface area contributed by atoms with Crippen LogP contribution in [0.1, 0.15) is 63.5 Å². The summed E-state index contributed by atoms with van der Waals surface area (Å²) in [4.78, 5) is 15.7. The zero-order valence-electron chi connectivity index (χ0n) is 26.5. The Hall–Kier alpha value is -4.45. The number of aryl methyl sites for hydroxylation is 2. The van der Waals surface area contributed by atoms with Crippen molar-refractivity contribution in [3.8, 4) is 16.9 Å². The van der Waals surface area contributed by atoms with Gasteiger partial charge in [0, 0.05) is 47.0 Å². The van der Waals surface area contributed by atoms with Gasteiger partial charge in [0.2, 0.25) is 0 Å². The van der Waals surface area contributed by atoms with Gasteiger partial charge in [0.25, 0.3) is 0 Å². The van der Waals surface area contributed by atoms with E-state index in [9.17, 15) is 4.79 Å². The van der Waals surface area contributed by atoms with Crippen molar-refractivity contribution >= 4 is 28.2 Å². The van der Waals surface area contributed by atoms with Crippen LogP contribution in [0.2, 0.25) is 0 Å². The maximum atomic E-state index is 13.5. The maximum absolute atomic E-state index is 13.5. The summed E-state index contributed by atoms with van der Waals surface area (Å²) in [5.41, 5.74) is 9.57. The van der Waals surface area contributed by atoms with Gasteiger partial charge in [-0.2, -0.15) is 0 Å². The molecule has 1 saturated heterocycles. The molecule has 2 aliphatic heterocycles. The fourth-order valence-corrected chi connectivity index (χ4v) is 7.03. The Balaban J connectivity index is 1.58. The summed E-state index contributed by atoms with van der Waals surface area (Å²) in [6, 6.07) is 21.0. The van der Waals surface area contributed by atoms with E-state index in [0.29, 0.717) is 12.2 Å². The molecule has 1 fully saturated rings. The largest absolute Gasteiger partial charge is 0.489 e. The first-order valence-electron chi connectivity index (χ1n) is 16.1. The summed E-state index contributed by atoms with van der Waals surface area (Å²) in [6.07, 6.45) is 8.58. The number of nitrogens with one attached hydrogen (secondary N) is 1. The molecule has 0 amide bonds. The number of benzene rings is 3. The van der Waals surface area contributed by atoms with E-state index in [4.69, 9.17) is 9.47 Å². The number of hydrogen-bond acceptors (Lipinski definition) is 5. The number of anilines is 2. The van der Waals surface area contributed by atoms with Crippen LogP contribution in [0.3, 0.4) is 0 Å². The number of ether oxygens (including phenoxy) is 2. The highest BCUT2D eigenvalue weighted by molar-refractivity contribution is 5.98. The minimum absolute atomic E-state index is 0.265. The monoisotopic (exact) mass is 589 g/mol. The molecule has 228 valence electrons. The van der Waals surface area contributed by atoms with Gasteiger partial charge in [0.05, 0.1) is 23.6 Å². The second kappa shape index (κ2) is 12.7. The second-order valence-corrected chi connectivity index (χ2v) is 11.5. The number of hydrogen-bond donors (Lipinski definition) is 1. The molecule has 0 radical (unpaired) electrons. The summed E-state index contributed by atoms with van der Waals surface area (Å²) in [5.74, 6) is 0.532. The minimum Gasteiger partial charge on any atom is -0.489 e. The van der Waals surface area contributed by atoms with Crippen LogP contribution in [0.15, 0.2) is 84.6 Å². The molecule has 3 heterocycles. The summed E-state index contributed by atoms with van der Waals surface area (Å²) < 4.78 is 15.2. The molecule has 0 bridgehead atoms. The van der Waals surface area contributed by atoms with Crippen LogP contribution < -0.4 is 15.0 Å². The standard InChI is InChI=1S/C38H43N3O3/c1-6-10-17-27-24-31(36(43-9-4)34(39-7-2)33(27)26-18-12-11-13-19-26)41-23-16-21-29-35(41)37(44-38(29)42)32-25(5)40(8-3)30-22-15-14-20-28(30)32/h11-16,18-24,35,37,39H,6-10,17H2,1-5H3. The van der Waals surface area contributed by atoms with E-state index in [1.807, 2.05) is 19.1 Å². The summed E-state index contributed by atoms with van der Waals surface area (Å²) >= 11 is 0. The lowest BCUT2D eigenvalue weighted by molar-refractivity contribution is -0.139. The molecule has 2 atom stereocenters. The van der Waals surface area contributed by atoms with E-state index < -0.39 is 6.10 Å². The fourth-order valence-electron chi connectivity index (χ4n) is 7.03. The maximum Gasteiger partial charge on any atom is 0.337 e. The number of carbonyl (C=O) groups excluding carboxylic acids is 1.